The smallest absolute Gasteiger partial charge is 0.312 e. The van der Waals surface area contributed by atoms with Gasteiger partial charge in [-0.1, -0.05) is 31.2 Å². The molecule has 0 spiro atoms. The Bertz CT molecular complexity index is 399. The summed E-state index contributed by atoms with van der Waals surface area (Å²) >= 11 is 0. The molecule has 100 valence electrons. The van der Waals surface area contributed by atoms with Gasteiger partial charge in [0.25, 0.3) is 0 Å². The molecule has 0 heterocycles. The van der Waals surface area contributed by atoms with Gasteiger partial charge in [-0.15, -0.1) is 0 Å². The topological polar surface area (TPSA) is 38.3 Å². The van der Waals surface area contributed by atoms with Crippen LogP contribution in [0.15, 0.2) is 24.3 Å². The molecule has 0 radical (unpaired) electrons. The first-order chi connectivity index (χ1) is 8.51. The maximum absolute atomic E-state index is 11.5. The van der Waals surface area contributed by atoms with E-state index in [-0.39, 0.29) is 5.97 Å². The summed E-state index contributed by atoms with van der Waals surface area (Å²) in [4.78, 5) is 11.5. The number of hydrogen-bond donors (Lipinski definition) is 1. The van der Waals surface area contributed by atoms with Crippen molar-refractivity contribution in [2.75, 3.05) is 13.7 Å². The standard InChI is InChI=1S/C15H23NO2/c1-5-12-8-6-7-9-13(12)10-16-11-15(2,3)14(17)18-4/h6-9,16H,5,10-11H2,1-4H3. The minimum Gasteiger partial charge on any atom is -0.469 e. The molecule has 0 aliphatic heterocycles. The molecular weight excluding hydrogens is 226 g/mol. The Morgan fingerprint density at radius 2 is 1.89 bits per heavy atom. The fourth-order valence-electron chi connectivity index (χ4n) is 1.93. The van der Waals surface area contributed by atoms with Crippen molar-refractivity contribution in [2.24, 2.45) is 5.41 Å². The minimum absolute atomic E-state index is 0.182. The first-order valence-electron chi connectivity index (χ1n) is 6.37. The van der Waals surface area contributed by atoms with Gasteiger partial charge < -0.3 is 10.1 Å². The summed E-state index contributed by atoms with van der Waals surface area (Å²) in [6, 6.07) is 8.36. The van der Waals surface area contributed by atoms with Gasteiger partial charge in [-0.3, -0.25) is 4.79 Å². The quantitative estimate of drug-likeness (QED) is 0.787. The van der Waals surface area contributed by atoms with E-state index in [1.165, 1.54) is 18.2 Å². The van der Waals surface area contributed by atoms with E-state index < -0.39 is 5.41 Å². The van der Waals surface area contributed by atoms with Crippen LogP contribution in [-0.2, 0) is 22.5 Å². The summed E-state index contributed by atoms with van der Waals surface area (Å²) < 4.78 is 4.78. The third-order valence-electron chi connectivity index (χ3n) is 3.12. The predicted octanol–water partition coefficient (Wildman–Crippen LogP) is 2.54. The number of esters is 1. The summed E-state index contributed by atoms with van der Waals surface area (Å²) in [5.41, 5.74) is 2.15. The van der Waals surface area contributed by atoms with Crippen LogP contribution in [0.4, 0.5) is 0 Å². The van der Waals surface area contributed by atoms with Crippen LogP contribution in [0.25, 0.3) is 0 Å². The molecule has 0 aliphatic carbocycles. The molecular formula is C15H23NO2. The van der Waals surface area contributed by atoms with Crippen molar-refractivity contribution in [2.45, 2.75) is 33.7 Å². The number of carbonyl (C=O) groups is 1. The molecule has 0 saturated heterocycles. The van der Waals surface area contributed by atoms with Crippen LogP contribution < -0.4 is 5.32 Å². The van der Waals surface area contributed by atoms with Crippen LogP contribution in [0.5, 0.6) is 0 Å². The van der Waals surface area contributed by atoms with Crippen LogP contribution in [0.3, 0.4) is 0 Å². The molecule has 0 aliphatic rings. The van der Waals surface area contributed by atoms with Gasteiger partial charge in [0.1, 0.15) is 0 Å². The van der Waals surface area contributed by atoms with Crippen molar-refractivity contribution >= 4 is 5.97 Å². The zero-order valence-electron chi connectivity index (χ0n) is 11.7. The Balaban J connectivity index is 2.54. The lowest BCUT2D eigenvalue weighted by atomic mass is 9.93. The summed E-state index contributed by atoms with van der Waals surface area (Å²) in [7, 11) is 1.43. The van der Waals surface area contributed by atoms with Gasteiger partial charge in [-0.25, -0.2) is 0 Å². The van der Waals surface area contributed by atoms with Crippen LogP contribution in [-0.4, -0.2) is 19.6 Å². The fraction of sp³-hybridized carbons (Fsp3) is 0.533. The van der Waals surface area contributed by atoms with Crippen molar-refractivity contribution in [3.63, 3.8) is 0 Å². The van der Waals surface area contributed by atoms with Crippen molar-refractivity contribution in [3.05, 3.63) is 35.4 Å². The van der Waals surface area contributed by atoms with E-state index in [1.807, 2.05) is 19.9 Å². The highest BCUT2D eigenvalue weighted by atomic mass is 16.5. The highest BCUT2D eigenvalue weighted by Gasteiger charge is 2.27. The lowest BCUT2D eigenvalue weighted by Crippen LogP contribution is -2.36. The van der Waals surface area contributed by atoms with Crippen molar-refractivity contribution in [1.82, 2.24) is 5.32 Å². The lowest BCUT2D eigenvalue weighted by Gasteiger charge is -2.22. The van der Waals surface area contributed by atoms with Crippen LogP contribution in [0.2, 0.25) is 0 Å². The van der Waals surface area contributed by atoms with E-state index in [0.717, 1.165) is 13.0 Å². The van der Waals surface area contributed by atoms with Crippen LogP contribution in [0.1, 0.15) is 31.9 Å². The monoisotopic (exact) mass is 249 g/mol. The van der Waals surface area contributed by atoms with E-state index in [2.05, 4.69) is 30.4 Å². The van der Waals surface area contributed by atoms with Gasteiger partial charge in [0.2, 0.25) is 0 Å². The summed E-state index contributed by atoms with van der Waals surface area (Å²) in [6.07, 6.45) is 1.03. The highest BCUT2D eigenvalue weighted by Crippen LogP contribution is 2.16. The first-order valence-corrected chi connectivity index (χ1v) is 6.37. The third-order valence-corrected chi connectivity index (χ3v) is 3.12. The number of ether oxygens (including phenoxy) is 1. The predicted molar refractivity (Wildman–Crippen MR) is 73.3 cm³/mol. The van der Waals surface area contributed by atoms with E-state index >= 15 is 0 Å². The van der Waals surface area contributed by atoms with Gasteiger partial charge >= 0.3 is 5.97 Å². The summed E-state index contributed by atoms with van der Waals surface area (Å²) in [6.45, 7) is 7.31. The molecule has 0 amide bonds. The summed E-state index contributed by atoms with van der Waals surface area (Å²) in [5.74, 6) is -0.182. The molecule has 0 fully saturated rings. The Morgan fingerprint density at radius 3 is 2.44 bits per heavy atom. The Kier molecular flexibility index (Phi) is 5.35. The van der Waals surface area contributed by atoms with E-state index in [0.29, 0.717) is 6.54 Å². The molecule has 0 saturated carbocycles. The van der Waals surface area contributed by atoms with Gasteiger partial charge in [-0.05, 0) is 31.4 Å². The molecule has 3 nitrogen and oxygen atoms in total. The summed E-state index contributed by atoms with van der Waals surface area (Å²) in [5, 5.41) is 3.33. The van der Waals surface area contributed by atoms with E-state index in [1.54, 1.807) is 0 Å². The Labute approximate surface area is 110 Å². The zero-order chi connectivity index (χ0) is 13.6. The second-order valence-electron chi connectivity index (χ2n) is 5.10. The van der Waals surface area contributed by atoms with Gasteiger partial charge in [0.05, 0.1) is 12.5 Å². The number of rotatable bonds is 6. The second-order valence-corrected chi connectivity index (χ2v) is 5.10. The van der Waals surface area contributed by atoms with Gasteiger partial charge in [0, 0.05) is 13.1 Å². The number of hydrogen-bond acceptors (Lipinski definition) is 3. The molecule has 0 aromatic heterocycles. The molecule has 1 aromatic carbocycles. The lowest BCUT2D eigenvalue weighted by molar-refractivity contribution is -0.150. The average Bonchev–Trinajstić information content (AvgIpc) is 2.38. The third kappa shape index (κ3) is 3.84. The second kappa shape index (κ2) is 6.55. The number of nitrogens with one attached hydrogen (secondary N) is 1. The van der Waals surface area contributed by atoms with Crippen LogP contribution in [0, 0.1) is 5.41 Å². The zero-order valence-corrected chi connectivity index (χ0v) is 11.7. The number of carbonyl (C=O) groups excluding carboxylic acids is 1. The number of benzene rings is 1. The van der Waals surface area contributed by atoms with Crippen molar-refractivity contribution < 1.29 is 9.53 Å². The number of methoxy groups -OCH3 is 1. The van der Waals surface area contributed by atoms with Crippen LogP contribution >= 0.6 is 0 Å². The first kappa shape index (κ1) is 14.7. The maximum atomic E-state index is 11.5. The molecule has 1 aromatic rings. The maximum Gasteiger partial charge on any atom is 0.312 e. The Morgan fingerprint density at radius 1 is 1.28 bits per heavy atom. The molecule has 1 rings (SSSR count). The van der Waals surface area contributed by atoms with Gasteiger partial charge in [-0.2, -0.15) is 0 Å². The molecule has 3 heteroatoms. The van der Waals surface area contributed by atoms with E-state index in [4.69, 9.17) is 4.74 Å². The Hall–Kier alpha value is -1.35. The SMILES string of the molecule is CCc1ccccc1CNCC(C)(C)C(=O)OC. The van der Waals surface area contributed by atoms with Gasteiger partial charge in [0.15, 0.2) is 0 Å². The number of aryl methyl sites for hydroxylation is 1. The molecule has 0 unspecified atom stereocenters. The van der Waals surface area contributed by atoms with Crippen molar-refractivity contribution in [3.8, 4) is 0 Å². The van der Waals surface area contributed by atoms with E-state index in [9.17, 15) is 4.79 Å². The minimum atomic E-state index is -0.490. The largest absolute Gasteiger partial charge is 0.469 e. The molecule has 0 atom stereocenters. The van der Waals surface area contributed by atoms with Crippen molar-refractivity contribution in [1.29, 1.82) is 0 Å². The molecule has 1 N–H and O–H groups in total. The fourth-order valence-corrected chi connectivity index (χ4v) is 1.93. The molecule has 0 bridgehead atoms. The highest BCUT2D eigenvalue weighted by molar-refractivity contribution is 5.76. The average molecular weight is 249 g/mol. The molecule has 18 heavy (non-hydrogen) atoms. The normalized spacial score (nSPS) is 11.3.